The van der Waals surface area contributed by atoms with Gasteiger partial charge in [0.1, 0.15) is 6.61 Å². The molecule has 0 N–H and O–H groups in total. The van der Waals surface area contributed by atoms with E-state index in [0.717, 1.165) is 0 Å². The zero-order valence-corrected chi connectivity index (χ0v) is 7.62. The van der Waals surface area contributed by atoms with Crippen molar-refractivity contribution < 1.29 is 19.1 Å². The molecule has 0 amide bonds. The molecule has 0 aromatic carbocycles. The van der Waals surface area contributed by atoms with Gasteiger partial charge in [0.2, 0.25) is 0 Å². The smallest absolute Gasteiger partial charge is 0.320 e. The fourth-order valence-electron chi connectivity index (χ4n) is 1.12. The standard InChI is InChI=1S/C8H13NO4/c1-2-12-7(10)5-9-3-4-13-8(11)6-9/h2-6H2,1H3. The molecule has 1 saturated heterocycles. The maximum atomic E-state index is 11.0. The number of carbonyl (C=O) groups excluding carboxylic acids is 2. The normalized spacial score (nSPS) is 18.1. The van der Waals surface area contributed by atoms with Gasteiger partial charge in [-0.15, -0.1) is 0 Å². The largest absolute Gasteiger partial charge is 0.465 e. The Hall–Kier alpha value is -1.10. The van der Waals surface area contributed by atoms with Crippen LogP contribution in [0.25, 0.3) is 0 Å². The van der Waals surface area contributed by atoms with Crippen molar-refractivity contribution in [1.82, 2.24) is 4.90 Å². The van der Waals surface area contributed by atoms with E-state index >= 15 is 0 Å². The quantitative estimate of drug-likeness (QED) is 0.553. The van der Waals surface area contributed by atoms with Crippen molar-refractivity contribution in [2.45, 2.75) is 6.92 Å². The van der Waals surface area contributed by atoms with Crippen LogP contribution >= 0.6 is 0 Å². The van der Waals surface area contributed by atoms with Crippen molar-refractivity contribution in [3.63, 3.8) is 0 Å². The lowest BCUT2D eigenvalue weighted by Crippen LogP contribution is -2.42. The van der Waals surface area contributed by atoms with Gasteiger partial charge in [0.25, 0.3) is 0 Å². The Labute approximate surface area is 76.6 Å². The summed E-state index contributed by atoms with van der Waals surface area (Å²) in [5.74, 6) is -0.576. The van der Waals surface area contributed by atoms with E-state index < -0.39 is 0 Å². The molecule has 0 aliphatic carbocycles. The van der Waals surface area contributed by atoms with Crippen LogP contribution in [0.1, 0.15) is 6.92 Å². The number of hydrogen-bond donors (Lipinski definition) is 0. The third-order valence-electron chi connectivity index (χ3n) is 1.68. The van der Waals surface area contributed by atoms with Crippen LogP contribution in [0.2, 0.25) is 0 Å². The van der Waals surface area contributed by atoms with Gasteiger partial charge in [-0.2, -0.15) is 0 Å². The van der Waals surface area contributed by atoms with Crippen LogP contribution in [0.5, 0.6) is 0 Å². The maximum Gasteiger partial charge on any atom is 0.320 e. The maximum absolute atomic E-state index is 11.0. The number of ether oxygens (including phenoxy) is 2. The summed E-state index contributed by atoms with van der Waals surface area (Å²) in [6.07, 6.45) is 0. The Kier molecular flexibility index (Phi) is 3.70. The molecule has 0 atom stereocenters. The summed E-state index contributed by atoms with van der Waals surface area (Å²) in [6, 6.07) is 0. The van der Waals surface area contributed by atoms with Gasteiger partial charge in [0, 0.05) is 6.54 Å². The van der Waals surface area contributed by atoms with E-state index in [1.54, 1.807) is 11.8 Å². The Balaban J connectivity index is 2.27. The average molecular weight is 187 g/mol. The average Bonchev–Trinajstić information content (AvgIpc) is 2.04. The Morgan fingerprint density at radius 1 is 1.69 bits per heavy atom. The zero-order valence-electron chi connectivity index (χ0n) is 7.62. The molecule has 1 aliphatic heterocycles. The van der Waals surface area contributed by atoms with Gasteiger partial charge in [-0.05, 0) is 6.92 Å². The number of hydrogen-bond acceptors (Lipinski definition) is 5. The van der Waals surface area contributed by atoms with E-state index in [2.05, 4.69) is 0 Å². The number of carbonyl (C=O) groups is 2. The molecule has 0 unspecified atom stereocenters. The SMILES string of the molecule is CCOC(=O)CN1CCOC(=O)C1. The minimum absolute atomic E-state index is 0.170. The van der Waals surface area contributed by atoms with Crippen LogP contribution < -0.4 is 0 Å². The second-order valence-corrected chi connectivity index (χ2v) is 2.74. The topological polar surface area (TPSA) is 55.8 Å². The van der Waals surface area contributed by atoms with Gasteiger partial charge >= 0.3 is 11.9 Å². The highest BCUT2D eigenvalue weighted by Gasteiger charge is 2.20. The van der Waals surface area contributed by atoms with Crippen LogP contribution in [0, 0.1) is 0 Å². The molecule has 1 heterocycles. The van der Waals surface area contributed by atoms with E-state index in [0.29, 0.717) is 19.8 Å². The summed E-state index contributed by atoms with van der Waals surface area (Å²) in [7, 11) is 0. The summed E-state index contributed by atoms with van der Waals surface area (Å²) in [5, 5.41) is 0. The monoisotopic (exact) mass is 187 g/mol. The lowest BCUT2D eigenvalue weighted by atomic mass is 10.4. The molecule has 1 rings (SSSR count). The van der Waals surface area contributed by atoms with Crippen LogP contribution in [0.4, 0.5) is 0 Å². The highest BCUT2D eigenvalue weighted by molar-refractivity contribution is 5.75. The number of nitrogens with zero attached hydrogens (tertiary/aromatic N) is 1. The van der Waals surface area contributed by atoms with E-state index in [-0.39, 0.29) is 25.0 Å². The Bertz CT molecular complexity index is 204. The first kappa shape index (κ1) is 9.98. The molecule has 0 bridgehead atoms. The summed E-state index contributed by atoms with van der Waals surface area (Å²) in [5.41, 5.74) is 0. The number of cyclic esters (lactones) is 1. The van der Waals surface area contributed by atoms with Crippen LogP contribution in [0.3, 0.4) is 0 Å². The fraction of sp³-hybridized carbons (Fsp3) is 0.750. The van der Waals surface area contributed by atoms with Gasteiger partial charge < -0.3 is 9.47 Å². The lowest BCUT2D eigenvalue weighted by molar-refractivity contribution is -0.154. The summed E-state index contributed by atoms with van der Waals surface area (Å²) in [6.45, 7) is 3.43. The van der Waals surface area contributed by atoms with Crippen molar-refractivity contribution in [3.05, 3.63) is 0 Å². The molecule has 0 spiro atoms. The molecule has 0 saturated carbocycles. The van der Waals surface area contributed by atoms with Gasteiger partial charge in [-0.25, -0.2) is 0 Å². The first-order valence-corrected chi connectivity index (χ1v) is 4.26. The third-order valence-corrected chi connectivity index (χ3v) is 1.68. The predicted octanol–water partition coefficient (Wildman–Crippen LogP) is -0.592. The van der Waals surface area contributed by atoms with Gasteiger partial charge in [-0.1, -0.05) is 0 Å². The molecule has 5 heteroatoms. The third kappa shape index (κ3) is 3.42. The Morgan fingerprint density at radius 3 is 3.08 bits per heavy atom. The van der Waals surface area contributed by atoms with Crippen molar-refractivity contribution in [2.24, 2.45) is 0 Å². The lowest BCUT2D eigenvalue weighted by Gasteiger charge is -2.24. The summed E-state index contributed by atoms with van der Waals surface area (Å²) in [4.78, 5) is 23.5. The van der Waals surface area contributed by atoms with E-state index in [1.807, 2.05) is 0 Å². The van der Waals surface area contributed by atoms with Gasteiger partial charge in [-0.3, -0.25) is 14.5 Å². The predicted molar refractivity (Wildman–Crippen MR) is 44.0 cm³/mol. The molecule has 0 aromatic heterocycles. The molecule has 74 valence electrons. The molecule has 1 fully saturated rings. The van der Waals surface area contributed by atoms with Crippen molar-refractivity contribution >= 4 is 11.9 Å². The van der Waals surface area contributed by atoms with Crippen molar-refractivity contribution in [3.8, 4) is 0 Å². The number of morpholine rings is 1. The van der Waals surface area contributed by atoms with Crippen LogP contribution in [-0.2, 0) is 19.1 Å². The highest BCUT2D eigenvalue weighted by Crippen LogP contribution is 1.98. The minimum Gasteiger partial charge on any atom is -0.465 e. The van der Waals surface area contributed by atoms with E-state index in [1.165, 1.54) is 0 Å². The first-order chi connectivity index (χ1) is 6.22. The van der Waals surface area contributed by atoms with Crippen LogP contribution in [0.15, 0.2) is 0 Å². The molecule has 0 aromatic rings. The first-order valence-electron chi connectivity index (χ1n) is 4.26. The van der Waals surface area contributed by atoms with Crippen molar-refractivity contribution in [2.75, 3.05) is 32.8 Å². The molecule has 1 aliphatic rings. The zero-order chi connectivity index (χ0) is 9.68. The molecular formula is C8H13NO4. The van der Waals surface area contributed by atoms with Gasteiger partial charge in [0.15, 0.2) is 0 Å². The second kappa shape index (κ2) is 4.81. The van der Waals surface area contributed by atoms with E-state index in [4.69, 9.17) is 9.47 Å². The van der Waals surface area contributed by atoms with E-state index in [9.17, 15) is 9.59 Å². The number of rotatable bonds is 3. The number of esters is 2. The van der Waals surface area contributed by atoms with Gasteiger partial charge in [0.05, 0.1) is 19.7 Å². The minimum atomic E-state index is -0.294. The molecule has 5 nitrogen and oxygen atoms in total. The molecular weight excluding hydrogens is 174 g/mol. The Morgan fingerprint density at radius 2 is 2.46 bits per heavy atom. The summed E-state index contributed by atoms with van der Waals surface area (Å²) < 4.78 is 9.46. The molecule has 0 radical (unpaired) electrons. The highest BCUT2D eigenvalue weighted by atomic mass is 16.5. The van der Waals surface area contributed by atoms with Crippen LogP contribution in [-0.4, -0.2) is 49.7 Å². The summed E-state index contributed by atoms with van der Waals surface area (Å²) >= 11 is 0. The molecule has 13 heavy (non-hydrogen) atoms. The fourth-order valence-corrected chi connectivity index (χ4v) is 1.12. The van der Waals surface area contributed by atoms with Crippen molar-refractivity contribution in [1.29, 1.82) is 0 Å². The second-order valence-electron chi connectivity index (χ2n) is 2.74.